The monoisotopic (exact) mass is 291 g/mol. The van der Waals surface area contributed by atoms with Crippen LogP contribution in [0.1, 0.15) is 68.8 Å². The highest BCUT2D eigenvalue weighted by Crippen LogP contribution is 2.17. The van der Waals surface area contributed by atoms with Crippen molar-refractivity contribution in [1.82, 2.24) is 0 Å². The van der Waals surface area contributed by atoms with E-state index in [9.17, 15) is 4.79 Å². The van der Waals surface area contributed by atoms with Crippen LogP contribution in [-0.4, -0.2) is 5.97 Å². The third-order valence-electron chi connectivity index (χ3n) is 3.55. The maximum Gasteiger partial charge on any atom is 0.373 e. The summed E-state index contributed by atoms with van der Waals surface area (Å²) < 4.78 is 0. The number of hydrogen-bond donors (Lipinski definition) is 0. The van der Waals surface area contributed by atoms with Crippen LogP contribution in [0.3, 0.4) is 0 Å². The normalized spacial score (nSPS) is 12.1. The van der Waals surface area contributed by atoms with E-state index >= 15 is 0 Å². The minimum absolute atomic E-state index is 0.338. The van der Waals surface area contributed by atoms with E-state index in [1.807, 2.05) is 12.1 Å². The number of hydrogen-bond acceptors (Lipinski definition) is 3. The predicted molar refractivity (Wildman–Crippen MR) is 84.5 cm³/mol. The van der Waals surface area contributed by atoms with Gasteiger partial charge in [-0.3, -0.25) is 4.89 Å². The lowest BCUT2D eigenvalue weighted by molar-refractivity contribution is -0.219. The van der Waals surface area contributed by atoms with Crippen LogP contribution in [0.15, 0.2) is 24.3 Å². The lowest BCUT2D eigenvalue weighted by Crippen LogP contribution is -2.09. The summed E-state index contributed by atoms with van der Waals surface area (Å²) in [6.07, 6.45) is 6.49. The number of unbranched alkanes of at least 4 members (excludes halogenated alkanes) is 1. The molecule has 0 bridgehead atoms. The molecule has 3 nitrogen and oxygen atoms in total. The summed E-state index contributed by atoms with van der Waals surface area (Å²) in [4.78, 5) is 21.7. The van der Waals surface area contributed by atoms with Crippen molar-refractivity contribution in [1.29, 1.82) is 0 Å². The molecule has 0 aliphatic carbocycles. The summed E-state index contributed by atoms with van der Waals surface area (Å²) in [7, 11) is 0. The smallest absolute Gasteiger partial charge is 0.292 e. The fraction of sp³-hybridized carbons (Fsp3) is 0.556. The third-order valence-corrected chi connectivity index (χ3v) is 3.55. The van der Waals surface area contributed by atoms with Crippen LogP contribution in [-0.2, 0) is 16.2 Å². The minimum Gasteiger partial charge on any atom is -0.292 e. The Hall–Kier alpha value is -1.35. The van der Waals surface area contributed by atoms with E-state index in [4.69, 9.17) is 9.78 Å². The second-order valence-electron chi connectivity index (χ2n) is 5.36. The Balaban J connectivity index is 2.35. The topological polar surface area (TPSA) is 35.5 Å². The predicted octanol–water partition coefficient (Wildman–Crippen LogP) is 5.11. The molecule has 21 heavy (non-hydrogen) atoms. The number of rotatable bonds is 10. The van der Waals surface area contributed by atoms with Crippen molar-refractivity contribution in [2.24, 2.45) is 5.92 Å². The minimum atomic E-state index is -0.445. The zero-order valence-corrected chi connectivity index (χ0v) is 13.4. The van der Waals surface area contributed by atoms with Crippen LogP contribution in [0, 0.1) is 12.5 Å². The van der Waals surface area contributed by atoms with E-state index in [0.717, 1.165) is 38.5 Å². The van der Waals surface area contributed by atoms with Crippen LogP contribution in [0.25, 0.3) is 0 Å². The molecule has 1 unspecified atom stereocenters. The van der Waals surface area contributed by atoms with Gasteiger partial charge in [0.15, 0.2) is 0 Å². The molecule has 117 valence electrons. The highest BCUT2D eigenvalue weighted by Gasteiger charge is 2.12. The molecular formula is C18H27O3. The summed E-state index contributed by atoms with van der Waals surface area (Å²) in [6, 6.07) is 7.48. The Morgan fingerprint density at radius 1 is 1.14 bits per heavy atom. The van der Waals surface area contributed by atoms with Gasteiger partial charge in [0.2, 0.25) is 0 Å². The van der Waals surface area contributed by atoms with Gasteiger partial charge in [0.25, 0.3) is 0 Å². The second kappa shape index (κ2) is 10.4. The quantitative estimate of drug-likeness (QED) is 0.444. The lowest BCUT2D eigenvalue weighted by atomic mass is 10.0. The van der Waals surface area contributed by atoms with E-state index in [-0.39, 0.29) is 0 Å². The maximum absolute atomic E-state index is 11.8. The number of benzene rings is 1. The molecule has 0 saturated carbocycles. The molecule has 1 aromatic carbocycles. The van der Waals surface area contributed by atoms with E-state index in [0.29, 0.717) is 11.5 Å². The molecule has 0 aliphatic heterocycles. The van der Waals surface area contributed by atoms with Crippen molar-refractivity contribution in [3.05, 3.63) is 42.0 Å². The molecule has 0 aromatic heterocycles. The molecular weight excluding hydrogens is 264 g/mol. The average molecular weight is 291 g/mol. The molecule has 1 atom stereocenters. The number of aryl methyl sites for hydroxylation is 1. The van der Waals surface area contributed by atoms with Crippen molar-refractivity contribution in [2.45, 2.75) is 59.3 Å². The standard InChI is InChI=1S/C18H27O3/c1-4-7-9-15(6-3)14-20-21-18(19)17-12-10-16(8-5-2)11-13-17/h10-15H,4-9H2,1-3H3. The molecule has 1 radical (unpaired) electrons. The SMILES string of the molecule is CCCCC([CH]OOC(=O)c1ccc(CCC)cc1)CC. The summed E-state index contributed by atoms with van der Waals surface area (Å²) in [6.45, 7) is 8.04. The van der Waals surface area contributed by atoms with E-state index < -0.39 is 5.97 Å². The Kier molecular flexibility index (Phi) is 8.76. The second-order valence-corrected chi connectivity index (χ2v) is 5.36. The lowest BCUT2D eigenvalue weighted by Gasteiger charge is -2.12. The Labute approximate surface area is 128 Å². The summed E-state index contributed by atoms with van der Waals surface area (Å²) >= 11 is 0. The van der Waals surface area contributed by atoms with Crippen LogP contribution in [0.5, 0.6) is 0 Å². The summed E-state index contributed by atoms with van der Waals surface area (Å²) in [5.41, 5.74) is 1.75. The summed E-state index contributed by atoms with van der Waals surface area (Å²) in [5.74, 6) is -0.107. The van der Waals surface area contributed by atoms with Gasteiger partial charge in [-0.2, -0.15) is 4.89 Å². The van der Waals surface area contributed by atoms with Gasteiger partial charge >= 0.3 is 5.97 Å². The maximum atomic E-state index is 11.8. The number of carbonyl (C=O) groups is 1. The molecule has 0 aliphatic rings. The molecule has 1 aromatic rings. The largest absolute Gasteiger partial charge is 0.373 e. The fourth-order valence-corrected chi connectivity index (χ4v) is 2.13. The molecule has 0 fully saturated rings. The highest BCUT2D eigenvalue weighted by atomic mass is 17.2. The molecule has 0 heterocycles. The first-order chi connectivity index (χ1) is 10.2. The van der Waals surface area contributed by atoms with E-state index in [1.54, 1.807) is 18.7 Å². The molecule has 3 heteroatoms. The van der Waals surface area contributed by atoms with Crippen LogP contribution in [0.2, 0.25) is 0 Å². The third kappa shape index (κ3) is 6.76. The summed E-state index contributed by atoms with van der Waals surface area (Å²) in [5, 5.41) is 0. The average Bonchev–Trinajstić information content (AvgIpc) is 2.51. The molecule has 0 saturated heterocycles. The van der Waals surface area contributed by atoms with Gasteiger partial charge in [-0.05, 0) is 36.5 Å². The first-order valence-corrected chi connectivity index (χ1v) is 8.01. The Bertz CT molecular complexity index is 397. The fourth-order valence-electron chi connectivity index (χ4n) is 2.13. The van der Waals surface area contributed by atoms with Crippen molar-refractivity contribution < 1.29 is 14.6 Å². The molecule has 1 rings (SSSR count). The van der Waals surface area contributed by atoms with Crippen LogP contribution >= 0.6 is 0 Å². The van der Waals surface area contributed by atoms with E-state index in [1.165, 1.54) is 5.56 Å². The first-order valence-electron chi connectivity index (χ1n) is 8.01. The van der Waals surface area contributed by atoms with Crippen molar-refractivity contribution in [3.63, 3.8) is 0 Å². The van der Waals surface area contributed by atoms with Gasteiger partial charge in [0, 0.05) is 0 Å². The van der Waals surface area contributed by atoms with Crippen LogP contribution in [0.4, 0.5) is 0 Å². The van der Waals surface area contributed by atoms with Crippen molar-refractivity contribution >= 4 is 5.97 Å². The Morgan fingerprint density at radius 2 is 1.86 bits per heavy atom. The Morgan fingerprint density at radius 3 is 2.43 bits per heavy atom. The zero-order chi connectivity index (χ0) is 15.5. The van der Waals surface area contributed by atoms with Crippen molar-refractivity contribution in [2.75, 3.05) is 0 Å². The van der Waals surface area contributed by atoms with Gasteiger partial charge < -0.3 is 0 Å². The molecule has 0 amide bonds. The molecule has 0 N–H and O–H groups in total. The van der Waals surface area contributed by atoms with E-state index in [2.05, 4.69) is 20.8 Å². The van der Waals surface area contributed by atoms with Crippen molar-refractivity contribution in [3.8, 4) is 0 Å². The van der Waals surface area contributed by atoms with Gasteiger partial charge in [-0.1, -0.05) is 58.6 Å². The highest BCUT2D eigenvalue weighted by molar-refractivity contribution is 5.88. The van der Waals surface area contributed by atoms with Gasteiger partial charge in [0.05, 0.1) is 5.56 Å². The molecule has 0 spiro atoms. The first kappa shape index (κ1) is 17.7. The van der Waals surface area contributed by atoms with Gasteiger partial charge in [-0.25, -0.2) is 4.79 Å². The van der Waals surface area contributed by atoms with Gasteiger partial charge in [-0.15, -0.1) is 0 Å². The number of carbonyl (C=O) groups excluding carboxylic acids is 1. The van der Waals surface area contributed by atoms with Gasteiger partial charge in [0.1, 0.15) is 6.61 Å². The van der Waals surface area contributed by atoms with Crippen LogP contribution < -0.4 is 0 Å². The zero-order valence-electron chi connectivity index (χ0n) is 13.4.